The maximum atomic E-state index is 13.6. The molecule has 1 aromatic heterocycles. The van der Waals surface area contributed by atoms with Gasteiger partial charge in [-0.25, -0.2) is 9.37 Å². The summed E-state index contributed by atoms with van der Waals surface area (Å²) in [4.78, 5) is 19.1. The number of benzene rings is 1. The first-order valence-corrected chi connectivity index (χ1v) is 10.3. The van der Waals surface area contributed by atoms with Gasteiger partial charge in [-0.05, 0) is 51.0 Å². The number of imidazole rings is 1. The first-order valence-electron chi connectivity index (χ1n) is 10.3. The van der Waals surface area contributed by atoms with E-state index in [0.29, 0.717) is 25.9 Å². The number of aromatic nitrogens is 2. The molecule has 0 fully saturated rings. The van der Waals surface area contributed by atoms with Gasteiger partial charge in [0.05, 0.1) is 18.6 Å². The quantitative estimate of drug-likeness (QED) is 0.799. The van der Waals surface area contributed by atoms with Crippen LogP contribution >= 0.6 is 0 Å². The molecular formula is C23H28FN5O. The van der Waals surface area contributed by atoms with E-state index in [1.54, 1.807) is 11.0 Å². The Labute approximate surface area is 176 Å². The molecule has 0 bridgehead atoms. The third-order valence-electron chi connectivity index (χ3n) is 5.81. The molecule has 2 heterocycles. The van der Waals surface area contributed by atoms with E-state index in [1.165, 1.54) is 11.6 Å². The molecule has 1 amide bonds. The highest BCUT2D eigenvalue weighted by Crippen LogP contribution is 2.37. The van der Waals surface area contributed by atoms with Crippen molar-refractivity contribution in [3.05, 3.63) is 59.3 Å². The topological polar surface area (TPSA) is 76.2 Å². The second kappa shape index (κ2) is 7.72. The minimum absolute atomic E-state index is 0.0271. The number of allylic oxidation sites excluding steroid dienone is 4. The van der Waals surface area contributed by atoms with E-state index >= 15 is 0 Å². The molecule has 1 aliphatic heterocycles. The number of nitrogens with one attached hydrogen (secondary N) is 1. The second-order valence-corrected chi connectivity index (χ2v) is 8.60. The molecule has 0 unspecified atom stereocenters. The van der Waals surface area contributed by atoms with Gasteiger partial charge in [-0.15, -0.1) is 0 Å². The highest BCUT2D eigenvalue weighted by molar-refractivity contribution is 5.80. The molecule has 6 nitrogen and oxygen atoms in total. The molecule has 1 aliphatic carbocycles. The van der Waals surface area contributed by atoms with Crippen LogP contribution in [0.2, 0.25) is 0 Å². The van der Waals surface area contributed by atoms with Crippen LogP contribution in [0, 0.1) is 6.92 Å². The van der Waals surface area contributed by atoms with Crippen LogP contribution in [0.15, 0.2) is 42.2 Å². The number of carbonyl (C=O) groups is 1. The minimum atomic E-state index is -0.405. The van der Waals surface area contributed by atoms with Crippen LogP contribution in [0.3, 0.4) is 0 Å². The Balaban J connectivity index is 1.80. The Kier molecular flexibility index (Phi) is 5.24. The summed E-state index contributed by atoms with van der Waals surface area (Å²) in [5.74, 6) is 1.47. The zero-order chi connectivity index (χ0) is 21.5. The lowest BCUT2D eigenvalue weighted by Crippen LogP contribution is -2.55. The summed E-state index contributed by atoms with van der Waals surface area (Å²) in [6, 6.07) is 8.18. The molecule has 0 saturated heterocycles. The number of hydrogen-bond acceptors (Lipinski definition) is 4. The van der Waals surface area contributed by atoms with Crippen LogP contribution in [0.4, 0.5) is 15.9 Å². The Morgan fingerprint density at radius 2 is 1.97 bits per heavy atom. The fourth-order valence-corrected chi connectivity index (χ4v) is 4.09. The zero-order valence-corrected chi connectivity index (χ0v) is 17.7. The molecule has 0 saturated carbocycles. The highest BCUT2D eigenvalue weighted by atomic mass is 19.1. The van der Waals surface area contributed by atoms with Crippen molar-refractivity contribution in [2.75, 3.05) is 11.9 Å². The molecule has 158 valence electrons. The van der Waals surface area contributed by atoms with Gasteiger partial charge in [0.25, 0.3) is 0 Å². The van der Waals surface area contributed by atoms with Crippen LogP contribution in [-0.2, 0) is 17.9 Å². The van der Waals surface area contributed by atoms with Crippen molar-refractivity contribution in [1.29, 1.82) is 0 Å². The lowest BCUT2D eigenvalue weighted by atomic mass is 9.99. The average molecular weight is 410 g/mol. The van der Waals surface area contributed by atoms with E-state index in [1.807, 2.05) is 26.0 Å². The van der Waals surface area contributed by atoms with Crippen molar-refractivity contribution >= 4 is 23.0 Å². The normalized spacial score (nSPS) is 17.8. The molecule has 30 heavy (non-hydrogen) atoms. The molecule has 3 N–H and O–H groups in total. The van der Waals surface area contributed by atoms with E-state index in [-0.39, 0.29) is 18.3 Å². The first-order chi connectivity index (χ1) is 14.3. The number of anilines is 2. The van der Waals surface area contributed by atoms with E-state index in [2.05, 4.69) is 28.9 Å². The van der Waals surface area contributed by atoms with Crippen LogP contribution in [0.25, 0.3) is 5.57 Å². The third-order valence-corrected chi connectivity index (χ3v) is 5.81. The molecular weight excluding hydrogens is 381 g/mol. The molecule has 0 spiro atoms. The maximum absolute atomic E-state index is 13.6. The summed E-state index contributed by atoms with van der Waals surface area (Å²) in [5, 5.41) is 3.53. The molecule has 7 heteroatoms. The fourth-order valence-electron chi connectivity index (χ4n) is 4.09. The molecule has 0 atom stereocenters. The number of halogens is 1. The van der Waals surface area contributed by atoms with Crippen LogP contribution in [0.5, 0.6) is 0 Å². The number of carbonyl (C=O) groups excluding carboxylic acids is 1. The van der Waals surface area contributed by atoms with Gasteiger partial charge >= 0.3 is 0 Å². The van der Waals surface area contributed by atoms with Crippen LogP contribution < -0.4 is 11.1 Å². The number of rotatable bonds is 4. The monoisotopic (exact) mass is 409 g/mol. The van der Waals surface area contributed by atoms with Crippen molar-refractivity contribution in [2.45, 2.75) is 52.2 Å². The average Bonchev–Trinajstić information content (AvgIpc) is 3.05. The first kappa shape index (κ1) is 20.3. The van der Waals surface area contributed by atoms with E-state index in [0.717, 1.165) is 28.6 Å². The number of hydrogen-bond donors (Lipinski definition) is 2. The van der Waals surface area contributed by atoms with Crippen LogP contribution in [0.1, 0.15) is 43.8 Å². The van der Waals surface area contributed by atoms with E-state index in [4.69, 9.17) is 10.7 Å². The largest absolute Gasteiger partial charge is 0.340 e. The molecule has 2 aromatic rings. The van der Waals surface area contributed by atoms with Crippen molar-refractivity contribution < 1.29 is 9.18 Å². The van der Waals surface area contributed by atoms with Crippen molar-refractivity contribution in [1.82, 2.24) is 14.5 Å². The van der Waals surface area contributed by atoms with Gasteiger partial charge in [0, 0.05) is 18.7 Å². The molecule has 1 aromatic carbocycles. The number of nitrogens with zero attached hydrogens (tertiary/aromatic N) is 3. The number of fused-ring (bicyclic) bond motifs is 1. The van der Waals surface area contributed by atoms with Gasteiger partial charge in [0.2, 0.25) is 5.91 Å². The predicted molar refractivity (Wildman–Crippen MR) is 117 cm³/mol. The van der Waals surface area contributed by atoms with Gasteiger partial charge in [0.1, 0.15) is 23.2 Å². The lowest BCUT2D eigenvalue weighted by Gasteiger charge is -2.42. The van der Waals surface area contributed by atoms with E-state index < -0.39 is 5.54 Å². The Bertz CT molecular complexity index is 1030. The summed E-state index contributed by atoms with van der Waals surface area (Å²) in [6.07, 6.45) is 4.29. The summed E-state index contributed by atoms with van der Waals surface area (Å²) in [7, 11) is 0. The summed E-state index contributed by atoms with van der Waals surface area (Å²) < 4.78 is 15.7. The molecule has 0 radical (unpaired) electrons. The molecule has 4 rings (SSSR count). The zero-order valence-electron chi connectivity index (χ0n) is 17.7. The van der Waals surface area contributed by atoms with Crippen molar-refractivity contribution in [3.8, 4) is 0 Å². The van der Waals surface area contributed by atoms with Crippen molar-refractivity contribution in [3.63, 3.8) is 0 Å². The lowest BCUT2D eigenvalue weighted by molar-refractivity contribution is -0.137. The van der Waals surface area contributed by atoms with Gasteiger partial charge in [-0.3, -0.25) is 4.79 Å². The predicted octanol–water partition coefficient (Wildman–Crippen LogP) is 4.05. The van der Waals surface area contributed by atoms with Gasteiger partial charge < -0.3 is 20.5 Å². The minimum Gasteiger partial charge on any atom is -0.340 e. The van der Waals surface area contributed by atoms with E-state index in [9.17, 15) is 9.18 Å². The summed E-state index contributed by atoms with van der Waals surface area (Å²) >= 11 is 0. The van der Waals surface area contributed by atoms with Crippen molar-refractivity contribution in [2.24, 2.45) is 5.73 Å². The van der Waals surface area contributed by atoms with Gasteiger partial charge in [-0.1, -0.05) is 23.8 Å². The summed E-state index contributed by atoms with van der Waals surface area (Å²) in [6.45, 7) is 7.08. The standard InChI is InChI=1S/C23H28FN5O/c1-15-4-10-18(11-5-15)26-22-21(16-6-8-17(24)9-7-16)27-19-13-29(20(30)12-25)23(2,3)14-28(19)22/h4-6,8,10-11,26H,7,9,12-14,25H2,1-3H3. The SMILES string of the molecule is Cc1ccc(Nc2c(C3=CC=C(F)CC3)nc3n2CC(C)(C)N(C(=O)CN)C3)cc1. The van der Waals surface area contributed by atoms with Crippen LogP contribution in [-0.4, -0.2) is 32.4 Å². The number of nitrogens with two attached hydrogens (primary N) is 1. The third kappa shape index (κ3) is 3.77. The van der Waals surface area contributed by atoms with Gasteiger partial charge in [-0.2, -0.15) is 0 Å². The van der Waals surface area contributed by atoms with Gasteiger partial charge in [0.15, 0.2) is 0 Å². The Morgan fingerprint density at radius 3 is 2.60 bits per heavy atom. The number of aryl methyl sites for hydroxylation is 1. The Morgan fingerprint density at radius 1 is 1.23 bits per heavy atom. The summed E-state index contributed by atoms with van der Waals surface area (Å²) in [5.41, 5.74) is 9.18. The fraction of sp³-hybridized carbons (Fsp3) is 0.391. The second-order valence-electron chi connectivity index (χ2n) is 8.60. The Hall–Kier alpha value is -2.93. The smallest absolute Gasteiger partial charge is 0.237 e. The maximum Gasteiger partial charge on any atom is 0.237 e. The number of amides is 1. The molecule has 2 aliphatic rings. The highest BCUT2D eigenvalue weighted by Gasteiger charge is 2.38.